The summed E-state index contributed by atoms with van der Waals surface area (Å²) in [5.41, 5.74) is 6.57. The van der Waals surface area contributed by atoms with Crippen molar-refractivity contribution in [3.05, 3.63) is 35.9 Å². The van der Waals surface area contributed by atoms with E-state index in [0.29, 0.717) is 0 Å². The van der Waals surface area contributed by atoms with Gasteiger partial charge in [-0.15, -0.1) is 0 Å². The molecule has 0 bridgehead atoms. The third kappa shape index (κ3) is 1.64. The number of benzene rings is 1. The number of hydrogen-bond donors (Lipinski definition) is 1. The predicted molar refractivity (Wildman–Crippen MR) is 46.3 cm³/mol. The Hall–Kier alpha value is -0.900. The monoisotopic (exact) mass is 167 g/mol. The lowest BCUT2D eigenvalue weighted by Crippen LogP contribution is -2.40. The van der Waals surface area contributed by atoms with Gasteiger partial charge in [-0.05, 0) is 0 Å². The molecular weight excluding hydrogens is 154 g/mol. The summed E-state index contributed by atoms with van der Waals surface area (Å²) in [6, 6.07) is 9.39. The summed E-state index contributed by atoms with van der Waals surface area (Å²) in [6.45, 7) is 0. The molecule has 0 spiro atoms. The van der Waals surface area contributed by atoms with Crippen molar-refractivity contribution in [2.75, 3.05) is 14.2 Å². The second-order valence-electron chi connectivity index (χ2n) is 2.44. The highest BCUT2D eigenvalue weighted by atomic mass is 16.7. The summed E-state index contributed by atoms with van der Waals surface area (Å²) in [5, 5.41) is 0. The van der Waals surface area contributed by atoms with Crippen LogP contribution in [0.25, 0.3) is 0 Å². The maximum atomic E-state index is 5.77. The predicted octanol–water partition coefficient (Wildman–Crippen LogP) is 1.05. The lowest BCUT2D eigenvalue weighted by molar-refractivity contribution is -0.211. The van der Waals surface area contributed by atoms with Crippen molar-refractivity contribution in [3.8, 4) is 0 Å². The molecule has 12 heavy (non-hydrogen) atoms. The van der Waals surface area contributed by atoms with Crippen molar-refractivity contribution in [1.29, 1.82) is 0 Å². The number of methoxy groups -OCH3 is 2. The fourth-order valence-electron chi connectivity index (χ4n) is 0.989. The molecule has 0 unspecified atom stereocenters. The molecule has 3 nitrogen and oxygen atoms in total. The molecule has 0 aromatic heterocycles. The quantitative estimate of drug-likeness (QED) is 0.684. The Bertz CT molecular complexity index is 232. The fraction of sp³-hybridized carbons (Fsp3) is 0.333. The number of rotatable bonds is 3. The van der Waals surface area contributed by atoms with Crippen LogP contribution in [0, 0.1) is 0 Å². The largest absolute Gasteiger partial charge is 0.337 e. The van der Waals surface area contributed by atoms with Crippen molar-refractivity contribution in [2.24, 2.45) is 5.73 Å². The van der Waals surface area contributed by atoms with Gasteiger partial charge in [0.2, 0.25) is 0 Å². The van der Waals surface area contributed by atoms with Crippen LogP contribution in [-0.2, 0) is 15.4 Å². The van der Waals surface area contributed by atoms with Crippen molar-refractivity contribution in [1.82, 2.24) is 0 Å². The number of nitrogens with two attached hydrogens (primary N) is 1. The normalized spacial score (nSPS) is 11.6. The molecule has 0 saturated carbocycles. The van der Waals surface area contributed by atoms with Crippen LogP contribution in [0.2, 0.25) is 0 Å². The highest BCUT2D eigenvalue weighted by Crippen LogP contribution is 2.18. The first-order chi connectivity index (χ1) is 5.73. The molecule has 66 valence electrons. The molecule has 1 aromatic carbocycles. The molecule has 2 N–H and O–H groups in total. The Balaban J connectivity index is 2.95. The van der Waals surface area contributed by atoms with Crippen molar-refractivity contribution in [3.63, 3.8) is 0 Å². The molecule has 0 radical (unpaired) electrons. The van der Waals surface area contributed by atoms with Crippen LogP contribution in [0.4, 0.5) is 0 Å². The smallest absolute Gasteiger partial charge is 0.252 e. The van der Waals surface area contributed by atoms with E-state index in [1.807, 2.05) is 30.3 Å². The minimum absolute atomic E-state index is 0.801. The number of ether oxygens (including phenoxy) is 2. The highest BCUT2D eigenvalue weighted by molar-refractivity contribution is 5.18. The van der Waals surface area contributed by atoms with Crippen molar-refractivity contribution >= 4 is 0 Å². The van der Waals surface area contributed by atoms with Gasteiger partial charge in [-0.1, -0.05) is 30.3 Å². The zero-order valence-electron chi connectivity index (χ0n) is 7.28. The standard InChI is InChI=1S/C9H13NO2/c1-11-9(10,12-2)8-6-4-3-5-7-8/h3-7H,10H2,1-2H3. The molecule has 1 aromatic rings. The van der Waals surface area contributed by atoms with E-state index in [1.165, 1.54) is 14.2 Å². The molecule has 0 amide bonds. The summed E-state index contributed by atoms with van der Waals surface area (Å²) in [6.07, 6.45) is 0. The summed E-state index contributed by atoms with van der Waals surface area (Å²) < 4.78 is 10.1. The highest BCUT2D eigenvalue weighted by Gasteiger charge is 2.25. The molecule has 0 aliphatic heterocycles. The van der Waals surface area contributed by atoms with Crippen LogP contribution in [0.3, 0.4) is 0 Å². The van der Waals surface area contributed by atoms with Gasteiger partial charge >= 0.3 is 0 Å². The molecule has 1 rings (SSSR count). The Labute approximate surface area is 72.1 Å². The third-order valence-electron chi connectivity index (χ3n) is 1.78. The maximum Gasteiger partial charge on any atom is 0.252 e. The third-order valence-corrected chi connectivity index (χ3v) is 1.78. The van der Waals surface area contributed by atoms with Gasteiger partial charge < -0.3 is 9.47 Å². The molecular formula is C9H13NO2. The SMILES string of the molecule is COC(N)(OC)c1ccccc1. The lowest BCUT2D eigenvalue weighted by Gasteiger charge is -2.25. The van der Waals surface area contributed by atoms with E-state index in [0.717, 1.165) is 5.56 Å². The van der Waals surface area contributed by atoms with Crippen LogP contribution in [-0.4, -0.2) is 14.2 Å². The van der Waals surface area contributed by atoms with Crippen molar-refractivity contribution in [2.45, 2.75) is 5.91 Å². The first-order valence-electron chi connectivity index (χ1n) is 3.67. The van der Waals surface area contributed by atoms with Gasteiger partial charge in [-0.25, -0.2) is 0 Å². The Kier molecular flexibility index (Phi) is 2.81. The molecule has 3 heteroatoms. The average molecular weight is 167 g/mol. The van der Waals surface area contributed by atoms with Gasteiger partial charge in [-0.2, -0.15) is 0 Å². The van der Waals surface area contributed by atoms with Gasteiger partial charge in [0.15, 0.2) is 0 Å². The molecule has 0 aliphatic rings. The van der Waals surface area contributed by atoms with E-state index in [9.17, 15) is 0 Å². The first kappa shape index (κ1) is 9.19. The van der Waals surface area contributed by atoms with E-state index in [4.69, 9.17) is 15.2 Å². The summed E-state index contributed by atoms with van der Waals surface area (Å²) in [5.74, 6) is -1.12. The second kappa shape index (κ2) is 3.67. The van der Waals surface area contributed by atoms with Crippen LogP contribution < -0.4 is 5.73 Å². The van der Waals surface area contributed by atoms with Crippen LogP contribution in [0.15, 0.2) is 30.3 Å². The van der Waals surface area contributed by atoms with Gasteiger partial charge in [0.25, 0.3) is 5.91 Å². The van der Waals surface area contributed by atoms with E-state index in [-0.39, 0.29) is 0 Å². The zero-order valence-corrected chi connectivity index (χ0v) is 7.28. The van der Waals surface area contributed by atoms with E-state index >= 15 is 0 Å². The zero-order chi connectivity index (χ0) is 9.03. The van der Waals surface area contributed by atoms with E-state index < -0.39 is 5.91 Å². The average Bonchev–Trinajstić information content (AvgIpc) is 2.18. The second-order valence-corrected chi connectivity index (χ2v) is 2.44. The van der Waals surface area contributed by atoms with Crippen LogP contribution in [0.5, 0.6) is 0 Å². The number of hydrogen-bond acceptors (Lipinski definition) is 3. The minimum atomic E-state index is -1.12. The van der Waals surface area contributed by atoms with Gasteiger partial charge in [0.1, 0.15) is 0 Å². The fourth-order valence-corrected chi connectivity index (χ4v) is 0.989. The molecule has 0 atom stereocenters. The van der Waals surface area contributed by atoms with E-state index in [2.05, 4.69) is 0 Å². The van der Waals surface area contributed by atoms with Gasteiger partial charge in [-0.3, -0.25) is 5.73 Å². The summed E-state index contributed by atoms with van der Waals surface area (Å²) in [4.78, 5) is 0. The Morgan fingerprint density at radius 3 is 2.00 bits per heavy atom. The lowest BCUT2D eigenvalue weighted by atomic mass is 10.2. The summed E-state index contributed by atoms with van der Waals surface area (Å²) in [7, 11) is 3.02. The maximum absolute atomic E-state index is 5.77. The van der Waals surface area contributed by atoms with E-state index in [1.54, 1.807) is 0 Å². The Morgan fingerprint density at radius 2 is 1.58 bits per heavy atom. The van der Waals surface area contributed by atoms with Gasteiger partial charge in [0.05, 0.1) is 0 Å². The minimum Gasteiger partial charge on any atom is -0.337 e. The van der Waals surface area contributed by atoms with Gasteiger partial charge in [0, 0.05) is 19.8 Å². The summed E-state index contributed by atoms with van der Waals surface area (Å²) >= 11 is 0. The Morgan fingerprint density at radius 1 is 1.08 bits per heavy atom. The molecule has 0 heterocycles. The molecule has 0 saturated heterocycles. The first-order valence-corrected chi connectivity index (χ1v) is 3.67. The topological polar surface area (TPSA) is 44.5 Å². The van der Waals surface area contributed by atoms with Crippen LogP contribution >= 0.6 is 0 Å². The molecule has 0 aliphatic carbocycles. The van der Waals surface area contributed by atoms with Crippen molar-refractivity contribution < 1.29 is 9.47 Å². The van der Waals surface area contributed by atoms with Crippen LogP contribution in [0.1, 0.15) is 5.56 Å². The molecule has 0 fully saturated rings.